The van der Waals surface area contributed by atoms with Crippen LogP contribution in [-0.4, -0.2) is 29.1 Å². The number of amides is 1. The number of hydrogen-bond acceptors (Lipinski definition) is 5. The van der Waals surface area contributed by atoms with E-state index in [1.165, 1.54) is 4.57 Å². The summed E-state index contributed by atoms with van der Waals surface area (Å²) >= 11 is 0. The van der Waals surface area contributed by atoms with Gasteiger partial charge < -0.3 is 20.4 Å². The maximum atomic E-state index is 12.9. The molecule has 0 aliphatic heterocycles. The number of nitrogens with one attached hydrogen (secondary N) is 1. The van der Waals surface area contributed by atoms with Crippen molar-refractivity contribution < 1.29 is 9.53 Å². The van der Waals surface area contributed by atoms with Crippen LogP contribution < -0.4 is 21.3 Å². The van der Waals surface area contributed by atoms with Gasteiger partial charge in [0, 0.05) is 42.5 Å². The number of nitrogen functional groups attached to an aromatic ring is 1. The molecule has 3 rings (SSSR count). The average Bonchev–Trinajstić information content (AvgIpc) is 2.70. The van der Waals surface area contributed by atoms with Gasteiger partial charge >= 0.3 is 0 Å². The van der Waals surface area contributed by atoms with E-state index in [4.69, 9.17) is 10.5 Å². The molecule has 2 heterocycles. The number of methoxy groups -OCH3 is 1. The molecular formula is C20H22N4O3. The molecule has 0 saturated carbocycles. The molecule has 1 aromatic carbocycles. The molecule has 0 aliphatic carbocycles. The Hall–Kier alpha value is -3.35. The van der Waals surface area contributed by atoms with E-state index in [-0.39, 0.29) is 11.3 Å². The van der Waals surface area contributed by atoms with Crippen molar-refractivity contribution in [3.8, 4) is 16.9 Å². The number of fused-ring (bicyclic) bond motifs is 1. The molecule has 0 fully saturated rings. The Kier molecular flexibility index (Phi) is 5.12. The number of anilines is 1. The molecule has 3 N–H and O–H groups in total. The predicted octanol–water partition coefficient (Wildman–Crippen LogP) is 2.33. The first-order valence-corrected chi connectivity index (χ1v) is 8.69. The predicted molar refractivity (Wildman–Crippen MR) is 106 cm³/mol. The number of hydrogen-bond donors (Lipinski definition) is 2. The van der Waals surface area contributed by atoms with E-state index in [0.717, 1.165) is 17.5 Å². The van der Waals surface area contributed by atoms with E-state index in [1.54, 1.807) is 38.7 Å². The van der Waals surface area contributed by atoms with Gasteiger partial charge in [0.15, 0.2) is 0 Å². The Morgan fingerprint density at radius 2 is 2.07 bits per heavy atom. The van der Waals surface area contributed by atoms with Gasteiger partial charge in [0.1, 0.15) is 11.3 Å². The molecule has 7 heteroatoms. The molecule has 3 aromatic rings. The van der Waals surface area contributed by atoms with E-state index in [1.807, 2.05) is 19.1 Å². The summed E-state index contributed by atoms with van der Waals surface area (Å²) in [5, 5.41) is 3.35. The summed E-state index contributed by atoms with van der Waals surface area (Å²) < 4.78 is 6.89. The lowest BCUT2D eigenvalue weighted by Gasteiger charge is -2.17. The number of ether oxygens (including phenoxy) is 1. The van der Waals surface area contributed by atoms with Gasteiger partial charge in [0.05, 0.1) is 18.3 Å². The normalized spacial score (nSPS) is 10.8. The Morgan fingerprint density at radius 1 is 1.30 bits per heavy atom. The fourth-order valence-electron chi connectivity index (χ4n) is 3.17. The van der Waals surface area contributed by atoms with E-state index >= 15 is 0 Å². The fourth-order valence-corrected chi connectivity index (χ4v) is 3.17. The Labute approximate surface area is 156 Å². The number of benzene rings is 1. The lowest BCUT2D eigenvalue weighted by molar-refractivity contribution is 0.0953. The monoisotopic (exact) mass is 366 g/mol. The van der Waals surface area contributed by atoms with E-state index in [0.29, 0.717) is 23.2 Å². The van der Waals surface area contributed by atoms with Crippen molar-refractivity contribution in [2.45, 2.75) is 13.3 Å². The van der Waals surface area contributed by atoms with E-state index in [2.05, 4.69) is 10.3 Å². The highest BCUT2D eigenvalue weighted by Crippen LogP contribution is 2.35. The summed E-state index contributed by atoms with van der Waals surface area (Å²) in [6.07, 6.45) is 4.08. The summed E-state index contributed by atoms with van der Waals surface area (Å²) in [6.45, 7) is 2.42. The van der Waals surface area contributed by atoms with Crippen LogP contribution in [0.4, 0.5) is 5.69 Å². The Morgan fingerprint density at radius 3 is 2.78 bits per heavy atom. The zero-order valence-corrected chi connectivity index (χ0v) is 15.6. The van der Waals surface area contributed by atoms with Crippen molar-refractivity contribution >= 4 is 22.5 Å². The minimum absolute atomic E-state index is 0.0336. The van der Waals surface area contributed by atoms with Gasteiger partial charge in [-0.1, -0.05) is 25.1 Å². The highest BCUT2D eigenvalue weighted by atomic mass is 16.5. The number of nitrogens with zero attached hydrogens (tertiary/aromatic N) is 2. The molecule has 1 amide bonds. The highest BCUT2D eigenvalue weighted by Gasteiger charge is 2.21. The van der Waals surface area contributed by atoms with Gasteiger partial charge in [0.25, 0.3) is 11.5 Å². The van der Waals surface area contributed by atoms with Crippen LogP contribution in [-0.2, 0) is 7.05 Å². The first-order chi connectivity index (χ1) is 13.0. The number of aromatic nitrogens is 2. The molecule has 0 aliphatic rings. The zero-order valence-electron chi connectivity index (χ0n) is 15.6. The largest absolute Gasteiger partial charge is 0.496 e. The maximum absolute atomic E-state index is 12.9. The lowest BCUT2D eigenvalue weighted by Crippen LogP contribution is -2.34. The molecule has 27 heavy (non-hydrogen) atoms. The number of carbonyl (C=O) groups excluding carboxylic acids is 1. The molecule has 0 spiro atoms. The highest BCUT2D eigenvalue weighted by molar-refractivity contribution is 6.09. The third-order valence-corrected chi connectivity index (χ3v) is 4.50. The number of aryl methyl sites for hydroxylation is 1. The summed E-state index contributed by atoms with van der Waals surface area (Å²) in [5.74, 6) is 0.175. The second kappa shape index (κ2) is 7.49. The van der Waals surface area contributed by atoms with Crippen LogP contribution in [0.2, 0.25) is 0 Å². The van der Waals surface area contributed by atoms with Crippen molar-refractivity contribution in [1.82, 2.24) is 14.9 Å². The standard InChI is InChI=1S/C20H22N4O3/c1-4-9-23-19(25)16-17(21)13-7-5-6-12(18(13)24(2)20(16)26)14-11-22-10-8-15(14)27-3/h5-8,10-11H,4,9,21H2,1-3H3,(H,23,25). The van der Waals surface area contributed by atoms with Crippen LogP contribution in [0.5, 0.6) is 5.75 Å². The van der Waals surface area contributed by atoms with Gasteiger partial charge in [-0.25, -0.2) is 0 Å². The topological polar surface area (TPSA) is 99.2 Å². The Balaban J connectivity index is 2.33. The van der Waals surface area contributed by atoms with Gasteiger partial charge in [-0.3, -0.25) is 14.6 Å². The fraction of sp³-hybridized carbons (Fsp3) is 0.250. The zero-order chi connectivity index (χ0) is 19.6. The molecule has 140 valence electrons. The van der Waals surface area contributed by atoms with Crippen LogP contribution in [0.1, 0.15) is 23.7 Å². The number of para-hydroxylation sites is 1. The van der Waals surface area contributed by atoms with Crippen molar-refractivity contribution in [3.63, 3.8) is 0 Å². The van der Waals surface area contributed by atoms with Gasteiger partial charge in [0.2, 0.25) is 0 Å². The van der Waals surface area contributed by atoms with Crippen LogP contribution in [0, 0.1) is 0 Å². The SMILES string of the molecule is CCCNC(=O)c1c(N)c2cccc(-c3cnccc3OC)c2n(C)c1=O. The molecule has 7 nitrogen and oxygen atoms in total. The molecule has 2 aromatic heterocycles. The molecule has 0 saturated heterocycles. The summed E-state index contributed by atoms with van der Waals surface area (Å²) in [6, 6.07) is 7.26. The van der Waals surface area contributed by atoms with Gasteiger partial charge in [-0.2, -0.15) is 0 Å². The molecule has 0 unspecified atom stereocenters. The minimum atomic E-state index is -0.457. The van der Waals surface area contributed by atoms with Crippen molar-refractivity contribution in [1.29, 1.82) is 0 Å². The molecule has 0 atom stereocenters. The molecular weight excluding hydrogens is 344 g/mol. The van der Waals surface area contributed by atoms with Crippen LogP contribution in [0.25, 0.3) is 22.0 Å². The smallest absolute Gasteiger partial charge is 0.265 e. The first kappa shape index (κ1) is 18.4. The van der Waals surface area contributed by atoms with Gasteiger partial charge in [-0.05, 0) is 12.5 Å². The average molecular weight is 366 g/mol. The number of pyridine rings is 2. The number of carbonyl (C=O) groups is 1. The minimum Gasteiger partial charge on any atom is -0.496 e. The van der Waals surface area contributed by atoms with Crippen LogP contribution in [0.15, 0.2) is 41.5 Å². The van der Waals surface area contributed by atoms with Crippen LogP contribution in [0.3, 0.4) is 0 Å². The van der Waals surface area contributed by atoms with Crippen molar-refractivity contribution in [2.24, 2.45) is 7.05 Å². The number of nitrogens with two attached hydrogens (primary N) is 1. The second-order valence-corrected chi connectivity index (χ2v) is 6.19. The molecule has 0 radical (unpaired) electrons. The van der Waals surface area contributed by atoms with Gasteiger partial charge in [-0.15, -0.1) is 0 Å². The summed E-state index contributed by atoms with van der Waals surface area (Å²) in [5.41, 5.74) is 8.07. The summed E-state index contributed by atoms with van der Waals surface area (Å²) in [4.78, 5) is 29.6. The lowest BCUT2D eigenvalue weighted by atomic mass is 9.99. The van der Waals surface area contributed by atoms with Crippen molar-refractivity contribution in [3.05, 3.63) is 52.6 Å². The maximum Gasteiger partial charge on any atom is 0.265 e. The third kappa shape index (κ3) is 3.12. The number of rotatable bonds is 5. The second-order valence-electron chi connectivity index (χ2n) is 6.19. The quantitative estimate of drug-likeness (QED) is 0.722. The van der Waals surface area contributed by atoms with E-state index < -0.39 is 11.5 Å². The van der Waals surface area contributed by atoms with Crippen molar-refractivity contribution in [2.75, 3.05) is 19.4 Å². The first-order valence-electron chi connectivity index (χ1n) is 8.69. The van der Waals surface area contributed by atoms with Crippen LogP contribution >= 0.6 is 0 Å². The summed E-state index contributed by atoms with van der Waals surface area (Å²) in [7, 11) is 3.21. The molecule has 0 bridgehead atoms. The third-order valence-electron chi connectivity index (χ3n) is 4.50. The Bertz CT molecular complexity index is 1070. The van der Waals surface area contributed by atoms with E-state index in [9.17, 15) is 9.59 Å².